The maximum Gasteiger partial charge on any atom is 0.320 e. The number of ether oxygens (including phenoxy) is 1. The fraction of sp³-hybridized carbons (Fsp3) is 0.429. The van der Waals surface area contributed by atoms with Gasteiger partial charge in [0, 0.05) is 63.5 Å². The number of benzene rings is 3. The van der Waals surface area contributed by atoms with E-state index in [-0.39, 0.29) is 36.3 Å². The molecule has 0 aliphatic carbocycles. The van der Waals surface area contributed by atoms with Gasteiger partial charge in [-0.15, -0.1) is 0 Å². The van der Waals surface area contributed by atoms with Gasteiger partial charge in [-0.3, -0.25) is 24.3 Å². The summed E-state index contributed by atoms with van der Waals surface area (Å²) >= 11 is 0. The lowest BCUT2D eigenvalue weighted by Gasteiger charge is -2.47. The number of phenolic OH excluding ortho intramolecular Hbond substituents is 1. The zero-order valence-electron chi connectivity index (χ0n) is 25.6. The smallest absolute Gasteiger partial charge is 0.320 e. The van der Waals surface area contributed by atoms with Gasteiger partial charge in [-0.25, -0.2) is 0 Å². The number of amides is 1. The van der Waals surface area contributed by atoms with Crippen molar-refractivity contribution in [2.45, 2.75) is 45.4 Å². The monoisotopic (exact) mass is 584 g/mol. The molecule has 0 aromatic heterocycles. The quantitative estimate of drug-likeness (QED) is 0.374. The van der Waals surface area contributed by atoms with Crippen LogP contribution in [0.15, 0.2) is 78.9 Å². The number of carbonyl (C=O) groups is 2. The lowest BCUT2D eigenvalue weighted by atomic mass is 9.92. The molecule has 8 heteroatoms. The minimum atomic E-state index is -0.225. The zero-order chi connectivity index (χ0) is 30.3. The number of nitrogens with zero attached hydrogens (tertiary/aromatic N) is 4. The predicted octanol–water partition coefficient (Wildman–Crippen LogP) is 4.40. The summed E-state index contributed by atoms with van der Waals surface area (Å²) in [6.45, 7) is 12.1. The molecule has 3 atom stereocenters. The molecule has 0 bridgehead atoms. The van der Waals surface area contributed by atoms with Crippen molar-refractivity contribution >= 4 is 11.9 Å². The zero-order valence-corrected chi connectivity index (χ0v) is 25.6. The third kappa shape index (κ3) is 7.63. The molecular weight excluding hydrogens is 540 g/mol. The second-order valence-electron chi connectivity index (χ2n) is 11.8. The van der Waals surface area contributed by atoms with Crippen LogP contribution in [0.2, 0.25) is 0 Å². The number of aromatic hydroxyl groups is 1. The van der Waals surface area contributed by atoms with Crippen molar-refractivity contribution in [1.29, 1.82) is 0 Å². The van der Waals surface area contributed by atoms with Crippen molar-refractivity contribution in [3.8, 4) is 5.75 Å². The molecule has 0 saturated carbocycles. The standard InChI is InChI=1S/C35H44N4O4/c1-4-43-33(41)25-36-16-18-37(19-17-36)35(42)31-14-8-12-29(20-31)34(30-13-9-15-32(40)21-30)39-23-26(2)38(22-27(39)3)24-28-10-6-5-7-11-28/h5-15,20-21,26-27,34,40H,4,16-19,22-25H2,1-3H3/t26-,27+,34?/m1/s1. The van der Waals surface area contributed by atoms with Gasteiger partial charge in [-0.2, -0.15) is 0 Å². The van der Waals surface area contributed by atoms with Crippen LogP contribution in [0.25, 0.3) is 0 Å². The van der Waals surface area contributed by atoms with Crippen molar-refractivity contribution in [3.63, 3.8) is 0 Å². The molecule has 8 nitrogen and oxygen atoms in total. The summed E-state index contributed by atoms with van der Waals surface area (Å²) in [5.74, 6) is 0.0117. The van der Waals surface area contributed by atoms with E-state index in [0.717, 1.165) is 30.8 Å². The summed E-state index contributed by atoms with van der Waals surface area (Å²) in [4.78, 5) is 34.5. The van der Waals surface area contributed by atoms with E-state index in [1.54, 1.807) is 13.0 Å². The van der Waals surface area contributed by atoms with Gasteiger partial charge in [-0.1, -0.05) is 54.6 Å². The lowest BCUT2D eigenvalue weighted by molar-refractivity contribution is -0.144. The Morgan fingerprint density at radius 1 is 0.860 bits per heavy atom. The maximum absolute atomic E-state index is 13.7. The summed E-state index contributed by atoms with van der Waals surface area (Å²) in [5.41, 5.74) is 4.01. The average molecular weight is 585 g/mol. The van der Waals surface area contributed by atoms with Crippen LogP contribution in [0.5, 0.6) is 5.75 Å². The van der Waals surface area contributed by atoms with Gasteiger partial charge in [0.25, 0.3) is 5.91 Å². The number of hydrogen-bond acceptors (Lipinski definition) is 7. The number of hydrogen-bond donors (Lipinski definition) is 1. The third-order valence-electron chi connectivity index (χ3n) is 8.68. The van der Waals surface area contributed by atoms with E-state index in [2.05, 4.69) is 66.1 Å². The van der Waals surface area contributed by atoms with Gasteiger partial charge in [-0.05, 0) is 61.7 Å². The van der Waals surface area contributed by atoms with Crippen LogP contribution in [0.1, 0.15) is 53.9 Å². The Balaban J connectivity index is 1.34. The fourth-order valence-electron chi connectivity index (χ4n) is 6.42. The van der Waals surface area contributed by atoms with Crippen LogP contribution in [0.4, 0.5) is 0 Å². The molecule has 3 aromatic rings. The van der Waals surface area contributed by atoms with Crippen LogP contribution >= 0.6 is 0 Å². The first-order chi connectivity index (χ1) is 20.8. The van der Waals surface area contributed by atoms with Crippen LogP contribution in [0, 0.1) is 0 Å². The van der Waals surface area contributed by atoms with E-state index in [1.807, 2.05) is 40.1 Å². The Kier molecular flexibility index (Phi) is 10.1. The number of carbonyl (C=O) groups excluding carboxylic acids is 2. The Labute approximate surface area is 255 Å². The average Bonchev–Trinajstić information content (AvgIpc) is 3.00. The maximum atomic E-state index is 13.7. The molecule has 2 aliphatic rings. The molecule has 1 N–H and O–H groups in total. The highest BCUT2D eigenvalue weighted by Gasteiger charge is 2.35. The lowest BCUT2D eigenvalue weighted by Crippen LogP contribution is -2.56. The van der Waals surface area contributed by atoms with Gasteiger partial charge in [0.1, 0.15) is 5.75 Å². The normalized spacial score (nSPS) is 21.0. The van der Waals surface area contributed by atoms with Crippen molar-refractivity contribution in [2.75, 3.05) is 52.4 Å². The Bertz CT molecular complexity index is 1380. The van der Waals surface area contributed by atoms with Crippen LogP contribution in [0.3, 0.4) is 0 Å². The first kappa shape index (κ1) is 30.7. The summed E-state index contributed by atoms with van der Waals surface area (Å²) in [6, 6.07) is 26.5. The van der Waals surface area contributed by atoms with E-state index in [4.69, 9.17) is 4.74 Å². The highest BCUT2D eigenvalue weighted by atomic mass is 16.5. The predicted molar refractivity (Wildman–Crippen MR) is 168 cm³/mol. The molecule has 228 valence electrons. The Morgan fingerprint density at radius 2 is 1.56 bits per heavy atom. The first-order valence-electron chi connectivity index (χ1n) is 15.4. The van der Waals surface area contributed by atoms with E-state index in [9.17, 15) is 14.7 Å². The largest absolute Gasteiger partial charge is 0.508 e. The molecule has 3 aromatic carbocycles. The SMILES string of the molecule is CCOC(=O)CN1CCN(C(=O)c2cccc(C(c3cccc(O)c3)N3C[C@@H](C)N(Cc4ccccc4)C[C@@H]3C)c2)CC1. The number of phenols is 1. The first-order valence-corrected chi connectivity index (χ1v) is 15.4. The summed E-state index contributed by atoms with van der Waals surface area (Å²) in [7, 11) is 0. The number of piperazine rings is 2. The van der Waals surface area contributed by atoms with Crippen molar-refractivity contribution in [3.05, 3.63) is 101 Å². The molecule has 0 radical (unpaired) electrons. The minimum Gasteiger partial charge on any atom is -0.508 e. The molecule has 2 fully saturated rings. The molecule has 2 aliphatic heterocycles. The molecular formula is C35H44N4O4. The highest BCUT2D eigenvalue weighted by Crippen LogP contribution is 2.35. The number of rotatable bonds is 9. The van der Waals surface area contributed by atoms with Crippen molar-refractivity contribution in [2.24, 2.45) is 0 Å². The van der Waals surface area contributed by atoms with Crippen molar-refractivity contribution in [1.82, 2.24) is 19.6 Å². The summed E-state index contributed by atoms with van der Waals surface area (Å²) in [5, 5.41) is 10.4. The van der Waals surface area contributed by atoms with E-state index in [1.165, 1.54) is 5.56 Å². The van der Waals surface area contributed by atoms with Gasteiger partial charge >= 0.3 is 5.97 Å². The second kappa shape index (κ2) is 14.2. The highest BCUT2D eigenvalue weighted by molar-refractivity contribution is 5.94. The molecule has 2 heterocycles. The minimum absolute atomic E-state index is 0.00129. The summed E-state index contributed by atoms with van der Waals surface area (Å²) in [6.07, 6.45) is 0. The summed E-state index contributed by atoms with van der Waals surface area (Å²) < 4.78 is 5.08. The van der Waals surface area contributed by atoms with Crippen molar-refractivity contribution < 1.29 is 19.4 Å². The van der Waals surface area contributed by atoms with Crippen LogP contribution in [-0.2, 0) is 16.1 Å². The molecule has 43 heavy (non-hydrogen) atoms. The topological polar surface area (TPSA) is 76.6 Å². The molecule has 2 saturated heterocycles. The van der Waals surface area contributed by atoms with Crippen LogP contribution < -0.4 is 0 Å². The fourth-order valence-corrected chi connectivity index (χ4v) is 6.42. The Hall–Kier alpha value is -3.72. The molecule has 5 rings (SSSR count). The van der Waals surface area contributed by atoms with Gasteiger partial charge in [0.2, 0.25) is 0 Å². The van der Waals surface area contributed by atoms with Gasteiger partial charge in [0.05, 0.1) is 19.2 Å². The third-order valence-corrected chi connectivity index (χ3v) is 8.68. The van der Waals surface area contributed by atoms with E-state index in [0.29, 0.717) is 44.4 Å². The molecule has 0 spiro atoms. The van der Waals surface area contributed by atoms with Crippen LogP contribution in [-0.4, -0.2) is 101 Å². The molecule has 1 unspecified atom stereocenters. The molecule has 1 amide bonds. The van der Waals surface area contributed by atoms with Gasteiger partial charge in [0.15, 0.2) is 0 Å². The van der Waals surface area contributed by atoms with E-state index < -0.39 is 0 Å². The second-order valence-corrected chi connectivity index (χ2v) is 11.8. The number of esters is 1. The van der Waals surface area contributed by atoms with Gasteiger partial charge < -0.3 is 14.7 Å². The Morgan fingerprint density at radius 3 is 2.26 bits per heavy atom. The van der Waals surface area contributed by atoms with E-state index >= 15 is 0 Å².